The molecule has 31 heavy (non-hydrogen) atoms. The van der Waals surface area contributed by atoms with Crippen LogP contribution in [-0.2, 0) is 9.59 Å². The van der Waals surface area contributed by atoms with E-state index in [0.29, 0.717) is 33.4 Å². The van der Waals surface area contributed by atoms with E-state index in [1.54, 1.807) is 0 Å². The third kappa shape index (κ3) is 2.58. The number of fused-ring (bicyclic) bond motifs is 7. The summed E-state index contributed by atoms with van der Waals surface area (Å²) in [5, 5.41) is 10.3. The van der Waals surface area contributed by atoms with Crippen LogP contribution in [0.4, 0.5) is 0 Å². The van der Waals surface area contributed by atoms with Gasteiger partial charge in [0.1, 0.15) is 5.78 Å². The zero-order valence-electron chi connectivity index (χ0n) is 20.1. The number of carbonyl (C=O) groups excluding carboxylic acids is 1. The van der Waals surface area contributed by atoms with Crippen molar-refractivity contribution >= 4 is 34.3 Å². The van der Waals surface area contributed by atoms with Gasteiger partial charge in [0.2, 0.25) is 0 Å². The third-order valence-corrected chi connectivity index (χ3v) is 13.9. The predicted octanol–water partition coefficient (Wildman–Crippen LogP) is 6.91. The Morgan fingerprint density at radius 3 is 2.26 bits per heavy atom. The van der Waals surface area contributed by atoms with E-state index in [9.17, 15) is 14.7 Å². The summed E-state index contributed by atoms with van der Waals surface area (Å²) in [6, 6.07) is 0. The van der Waals surface area contributed by atoms with Crippen LogP contribution in [0.1, 0.15) is 98.8 Å². The van der Waals surface area contributed by atoms with Crippen molar-refractivity contribution in [1.82, 2.24) is 0 Å². The molecule has 174 valence electrons. The van der Waals surface area contributed by atoms with Gasteiger partial charge in [-0.1, -0.05) is 57.2 Å². The second-order valence-electron chi connectivity index (χ2n) is 13.4. The molecule has 5 fully saturated rings. The summed E-state index contributed by atoms with van der Waals surface area (Å²) in [6.07, 6.45) is 10.5. The molecule has 0 radical (unpaired) electrons. The number of alkyl halides is 1. The molecular weight excluding hydrogens is 499 g/mol. The van der Waals surface area contributed by atoms with E-state index in [-0.39, 0.29) is 21.7 Å². The molecule has 5 aliphatic carbocycles. The molecular formula is C27H41IO3. The number of carboxylic acids is 1. The second kappa shape index (κ2) is 6.72. The van der Waals surface area contributed by atoms with Gasteiger partial charge in [-0.15, -0.1) is 0 Å². The third-order valence-electron chi connectivity index (χ3n) is 12.5. The first-order valence-corrected chi connectivity index (χ1v) is 14.0. The van der Waals surface area contributed by atoms with Gasteiger partial charge in [-0.25, -0.2) is 0 Å². The average molecular weight is 541 g/mol. The van der Waals surface area contributed by atoms with Gasteiger partial charge in [0.05, 0.1) is 5.41 Å². The molecule has 0 aromatic carbocycles. The van der Waals surface area contributed by atoms with Crippen molar-refractivity contribution in [2.75, 3.05) is 0 Å². The monoisotopic (exact) mass is 540 g/mol. The molecule has 0 aromatic rings. The van der Waals surface area contributed by atoms with Gasteiger partial charge in [0, 0.05) is 15.8 Å². The molecule has 0 aliphatic heterocycles. The highest BCUT2D eigenvalue weighted by Crippen LogP contribution is 2.76. The molecule has 0 unspecified atom stereocenters. The number of carbonyl (C=O) groups is 2. The van der Waals surface area contributed by atoms with Crippen LogP contribution in [0.2, 0.25) is 0 Å². The van der Waals surface area contributed by atoms with E-state index in [4.69, 9.17) is 0 Å². The van der Waals surface area contributed by atoms with Crippen LogP contribution in [0.3, 0.4) is 0 Å². The Labute approximate surface area is 202 Å². The highest BCUT2D eigenvalue weighted by Gasteiger charge is 2.71. The maximum atomic E-state index is 12.8. The van der Waals surface area contributed by atoms with Crippen molar-refractivity contribution in [2.24, 2.45) is 50.7 Å². The quantitative estimate of drug-likeness (QED) is 0.291. The predicted molar refractivity (Wildman–Crippen MR) is 131 cm³/mol. The zero-order valence-corrected chi connectivity index (χ0v) is 22.3. The number of halogens is 1. The molecule has 0 spiro atoms. The summed E-state index contributed by atoms with van der Waals surface area (Å²) in [7, 11) is 0. The van der Waals surface area contributed by atoms with Crippen LogP contribution in [0.5, 0.6) is 0 Å². The first-order chi connectivity index (χ1) is 14.3. The van der Waals surface area contributed by atoms with Crippen molar-refractivity contribution < 1.29 is 14.7 Å². The molecule has 4 heteroatoms. The summed E-state index contributed by atoms with van der Waals surface area (Å²) in [4.78, 5) is 25.4. The lowest BCUT2D eigenvalue weighted by Crippen LogP contribution is -2.66. The van der Waals surface area contributed by atoms with Gasteiger partial charge < -0.3 is 5.11 Å². The van der Waals surface area contributed by atoms with Crippen molar-refractivity contribution in [3.05, 3.63) is 0 Å². The highest BCUT2D eigenvalue weighted by atomic mass is 127. The molecule has 0 aromatic heterocycles. The number of hydrogen-bond donors (Lipinski definition) is 1. The van der Waals surface area contributed by atoms with E-state index < -0.39 is 11.4 Å². The van der Waals surface area contributed by atoms with Gasteiger partial charge in [-0.3, -0.25) is 9.59 Å². The Morgan fingerprint density at radius 1 is 0.871 bits per heavy atom. The minimum absolute atomic E-state index is 0.199. The van der Waals surface area contributed by atoms with Gasteiger partial charge >= 0.3 is 5.97 Å². The van der Waals surface area contributed by atoms with Crippen LogP contribution in [0.15, 0.2) is 0 Å². The van der Waals surface area contributed by atoms with E-state index in [1.807, 2.05) is 0 Å². The summed E-state index contributed by atoms with van der Waals surface area (Å²) < 4.78 is 0.497. The van der Waals surface area contributed by atoms with Gasteiger partial charge in [-0.05, 0) is 97.7 Å². The fourth-order valence-corrected chi connectivity index (χ4v) is 12.2. The smallest absolute Gasteiger partial charge is 0.309 e. The largest absolute Gasteiger partial charge is 0.481 e. The van der Waals surface area contributed by atoms with Crippen LogP contribution in [-0.4, -0.2) is 20.8 Å². The summed E-state index contributed by atoms with van der Waals surface area (Å²) in [6.45, 7) is 12.1. The minimum Gasteiger partial charge on any atom is -0.481 e. The standard InChI is InChI=1S/C27H41IO3/c1-23(2)18-9-12-26(5)19(24(18,3)11-10-20(23)29)7-6-16-21-17(28)8-13-27(21,22(30)31)15-14-25(16,26)4/h16-19,21H,6-15H2,1-5H3,(H,30,31)/t16-,17-,18+,19-,21+,24+,25-,26-,27+/m1/s1. The molecule has 9 atom stereocenters. The van der Waals surface area contributed by atoms with Crippen molar-refractivity contribution in [3.8, 4) is 0 Å². The molecule has 3 nitrogen and oxygen atoms in total. The van der Waals surface area contributed by atoms with Crippen LogP contribution in [0.25, 0.3) is 0 Å². The lowest BCUT2D eigenvalue weighted by Gasteiger charge is -2.72. The van der Waals surface area contributed by atoms with Crippen molar-refractivity contribution in [3.63, 3.8) is 0 Å². The van der Waals surface area contributed by atoms with Crippen LogP contribution < -0.4 is 0 Å². The first-order valence-electron chi connectivity index (χ1n) is 12.8. The Hall–Kier alpha value is -0.130. The molecule has 5 saturated carbocycles. The Kier molecular flexibility index (Phi) is 4.91. The summed E-state index contributed by atoms with van der Waals surface area (Å²) in [5.74, 6) is 1.96. The molecule has 0 bridgehead atoms. The second-order valence-corrected chi connectivity index (χ2v) is 15.0. The molecule has 0 heterocycles. The number of aliphatic carboxylic acids is 1. The van der Waals surface area contributed by atoms with Gasteiger partial charge in [0.15, 0.2) is 0 Å². The minimum atomic E-state index is -0.519. The topological polar surface area (TPSA) is 54.4 Å². The Balaban J connectivity index is 1.56. The van der Waals surface area contributed by atoms with Crippen molar-refractivity contribution in [1.29, 1.82) is 0 Å². The number of hydrogen-bond acceptors (Lipinski definition) is 2. The molecule has 5 rings (SSSR count). The SMILES string of the molecule is CC1(C)C(=O)CC[C@]2(C)[C@H]3CC[C@@H]4[C@H]5[C@H](I)CC[C@]5(C(=O)O)CC[C@@]4(C)[C@]3(C)CC[C@@H]12. The average Bonchev–Trinajstić information content (AvgIpc) is 3.04. The lowest BCUT2D eigenvalue weighted by atomic mass is 9.32. The fraction of sp³-hybridized carbons (Fsp3) is 0.926. The fourth-order valence-electron chi connectivity index (χ4n) is 10.7. The van der Waals surface area contributed by atoms with E-state index in [2.05, 4.69) is 57.2 Å². The maximum Gasteiger partial charge on any atom is 0.309 e. The normalized spacial score (nSPS) is 55.5. The number of rotatable bonds is 1. The maximum absolute atomic E-state index is 12.8. The van der Waals surface area contributed by atoms with Gasteiger partial charge in [-0.2, -0.15) is 0 Å². The molecule has 0 amide bonds. The molecule has 5 aliphatic rings. The van der Waals surface area contributed by atoms with Gasteiger partial charge in [0.25, 0.3) is 0 Å². The highest BCUT2D eigenvalue weighted by molar-refractivity contribution is 14.1. The molecule has 0 saturated heterocycles. The molecule has 1 N–H and O–H groups in total. The van der Waals surface area contributed by atoms with Crippen molar-refractivity contribution in [2.45, 2.75) is 103 Å². The summed E-state index contributed by atoms with van der Waals surface area (Å²) >= 11 is 2.60. The van der Waals surface area contributed by atoms with E-state index >= 15 is 0 Å². The van der Waals surface area contributed by atoms with Crippen LogP contribution >= 0.6 is 22.6 Å². The number of ketones is 1. The van der Waals surface area contributed by atoms with E-state index in [0.717, 1.165) is 44.9 Å². The Bertz CT molecular complexity index is 821. The number of Topliss-reactive ketones (excluding diaryl/α,β-unsaturated/α-hetero) is 1. The van der Waals surface area contributed by atoms with Crippen LogP contribution in [0, 0.1) is 50.7 Å². The summed E-state index contributed by atoms with van der Waals surface area (Å²) in [5.41, 5.74) is 0.0305. The number of carboxylic acid groups (broad SMARTS) is 1. The zero-order chi connectivity index (χ0) is 22.6. The first kappa shape index (κ1) is 22.7. The van der Waals surface area contributed by atoms with E-state index in [1.165, 1.54) is 19.3 Å². The Morgan fingerprint density at radius 2 is 1.58 bits per heavy atom. The lowest BCUT2D eigenvalue weighted by molar-refractivity contribution is -0.232.